The molecule has 0 saturated heterocycles. The minimum atomic E-state index is -0.0859. The van der Waals surface area contributed by atoms with E-state index in [9.17, 15) is 4.79 Å². The van der Waals surface area contributed by atoms with Gasteiger partial charge in [-0.1, -0.05) is 13.8 Å². The van der Waals surface area contributed by atoms with Crippen molar-refractivity contribution in [1.29, 1.82) is 0 Å². The maximum absolute atomic E-state index is 11.8. The van der Waals surface area contributed by atoms with Crippen LogP contribution < -0.4 is 14.8 Å². The maximum atomic E-state index is 11.8. The molecule has 100 valence electrons. The van der Waals surface area contributed by atoms with Crippen LogP contribution in [0, 0.1) is 0 Å². The van der Waals surface area contributed by atoms with Crippen LogP contribution in [0.5, 0.6) is 11.5 Å². The topological polar surface area (TPSA) is 47.6 Å². The van der Waals surface area contributed by atoms with Crippen LogP contribution >= 0.6 is 0 Å². The number of ether oxygens (including phenoxy) is 2. The maximum Gasteiger partial charge on any atom is 0.251 e. The van der Waals surface area contributed by atoms with Gasteiger partial charge >= 0.3 is 0 Å². The number of carbonyl (C=O) groups excluding carboxylic acids is 1. The van der Waals surface area contributed by atoms with Crippen LogP contribution in [0.1, 0.15) is 37.0 Å². The summed E-state index contributed by atoms with van der Waals surface area (Å²) in [6.07, 6.45) is 1.85. The normalized spacial score (nSPS) is 9.94. The second-order valence-corrected chi connectivity index (χ2v) is 3.97. The Bertz CT molecular complexity index is 391. The molecule has 1 aromatic carbocycles. The molecule has 1 rings (SSSR count). The first-order valence-corrected chi connectivity index (χ1v) is 6.32. The summed E-state index contributed by atoms with van der Waals surface area (Å²) in [5, 5.41) is 2.83. The Labute approximate surface area is 108 Å². The quantitative estimate of drug-likeness (QED) is 0.810. The highest BCUT2D eigenvalue weighted by Crippen LogP contribution is 2.28. The van der Waals surface area contributed by atoms with Crippen molar-refractivity contribution in [2.75, 3.05) is 20.3 Å². The number of carbonyl (C=O) groups is 1. The van der Waals surface area contributed by atoms with Crippen LogP contribution in [-0.2, 0) is 0 Å². The lowest BCUT2D eigenvalue weighted by atomic mass is 10.2. The van der Waals surface area contributed by atoms with Crippen molar-refractivity contribution in [3.05, 3.63) is 23.8 Å². The van der Waals surface area contributed by atoms with E-state index < -0.39 is 0 Å². The highest BCUT2D eigenvalue weighted by Gasteiger charge is 2.10. The van der Waals surface area contributed by atoms with Crippen LogP contribution in [0.3, 0.4) is 0 Å². The van der Waals surface area contributed by atoms with E-state index in [4.69, 9.17) is 9.47 Å². The molecule has 0 aliphatic rings. The fraction of sp³-hybridized carbons (Fsp3) is 0.500. The third-order valence-electron chi connectivity index (χ3n) is 2.42. The fourth-order valence-corrected chi connectivity index (χ4v) is 1.48. The van der Waals surface area contributed by atoms with Gasteiger partial charge in [-0.25, -0.2) is 0 Å². The molecular weight excluding hydrogens is 230 g/mol. The van der Waals surface area contributed by atoms with E-state index in [0.717, 1.165) is 12.8 Å². The highest BCUT2D eigenvalue weighted by atomic mass is 16.5. The Morgan fingerprint density at radius 2 is 2.00 bits per heavy atom. The molecule has 0 radical (unpaired) electrons. The van der Waals surface area contributed by atoms with Crippen LogP contribution in [-0.4, -0.2) is 26.2 Å². The van der Waals surface area contributed by atoms with Crippen molar-refractivity contribution in [3.63, 3.8) is 0 Å². The molecule has 18 heavy (non-hydrogen) atoms. The summed E-state index contributed by atoms with van der Waals surface area (Å²) >= 11 is 0. The Balaban J connectivity index is 2.80. The summed E-state index contributed by atoms with van der Waals surface area (Å²) in [5.74, 6) is 1.18. The molecule has 0 fully saturated rings. The first kappa shape index (κ1) is 14.4. The fourth-order valence-electron chi connectivity index (χ4n) is 1.48. The second-order valence-electron chi connectivity index (χ2n) is 3.97. The predicted molar refractivity (Wildman–Crippen MR) is 71.4 cm³/mol. The van der Waals surface area contributed by atoms with E-state index in [2.05, 4.69) is 5.32 Å². The number of methoxy groups -OCH3 is 1. The molecule has 1 N–H and O–H groups in total. The standard InChI is InChI=1S/C14H21NO3/c1-4-8-15-14(16)11-6-7-12(18-9-5-2)13(10-11)17-3/h6-7,10H,4-5,8-9H2,1-3H3,(H,15,16). The van der Waals surface area contributed by atoms with Gasteiger partial charge in [0.15, 0.2) is 11.5 Å². The molecular formula is C14H21NO3. The van der Waals surface area contributed by atoms with E-state index >= 15 is 0 Å². The van der Waals surface area contributed by atoms with Gasteiger partial charge in [-0.3, -0.25) is 4.79 Å². The SMILES string of the molecule is CCCNC(=O)c1ccc(OCCC)c(OC)c1. The van der Waals surface area contributed by atoms with Gasteiger partial charge in [-0.15, -0.1) is 0 Å². The van der Waals surface area contributed by atoms with Crippen molar-refractivity contribution in [3.8, 4) is 11.5 Å². The molecule has 4 nitrogen and oxygen atoms in total. The minimum absolute atomic E-state index is 0.0859. The van der Waals surface area contributed by atoms with Crippen molar-refractivity contribution < 1.29 is 14.3 Å². The zero-order valence-corrected chi connectivity index (χ0v) is 11.3. The number of rotatable bonds is 7. The number of amides is 1. The Kier molecular flexibility index (Phi) is 6.05. The molecule has 0 unspecified atom stereocenters. The summed E-state index contributed by atoms with van der Waals surface area (Å²) in [5.41, 5.74) is 0.587. The molecule has 0 atom stereocenters. The summed E-state index contributed by atoms with van der Waals surface area (Å²) in [7, 11) is 1.57. The first-order valence-electron chi connectivity index (χ1n) is 6.32. The van der Waals surface area contributed by atoms with Crippen LogP contribution in [0.2, 0.25) is 0 Å². The van der Waals surface area contributed by atoms with Crippen molar-refractivity contribution in [1.82, 2.24) is 5.32 Å². The lowest BCUT2D eigenvalue weighted by Gasteiger charge is -2.11. The van der Waals surface area contributed by atoms with Gasteiger partial charge in [0, 0.05) is 12.1 Å². The molecule has 1 aromatic rings. The summed E-state index contributed by atoms with van der Waals surface area (Å²) in [4.78, 5) is 11.8. The summed E-state index contributed by atoms with van der Waals surface area (Å²) < 4.78 is 10.8. The van der Waals surface area contributed by atoms with Crippen LogP contribution in [0.4, 0.5) is 0 Å². The number of hydrogen-bond donors (Lipinski definition) is 1. The van der Waals surface area contributed by atoms with Crippen LogP contribution in [0.15, 0.2) is 18.2 Å². The summed E-state index contributed by atoms with van der Waals surface area (Å²) in [6, 6.07) is 5.23. The van der Waals surface area contributed by atoms with Gasteiger partial charge in [-0.05, 0) is 31.0 Å². The third kappa shape index (κ3) is 3.95. The van der Waals surface area contributed by atoms with E-state index in [1.807, 2.05) is 13.8 Å². The summed E-state index contributed by atoms with van der Waals surface area (Å²) in [6.45, 7) is 5.37. The monoisotopic (exact) mass is 251 g/mol. The molecule has 0 aliphatic heterocycles. The Morgan fingerprint density at radius 3 is 2.61 bits per heavy atom. The number of nitrogens with one attached hydrogen (secondary N) is 1. The second kappa shape index (κ2) is 7.58. The smallest absolute Gasteiger partial charge is 0.251 e. The van der Waals surface area contributed by atoms with E-state index in [-0.39, 0.29) is 5.91 Å². The molecule has 0 aromatic heterocycles. The zero-order chi connectivity index (χ0) is 13.4. The predicted octanol–water partition coefficient (Wildman–Crippen LogP) is 2.62. The van der Waals surface area contributed by atoms with Crippen molar-refractivity contribution in [2.45, 2.75) is 26.7 Å². The number of hydrogen-bond acceptors (Lipinski definition) is 3. The third-order valence-corrected chi connectivity index (χ3v) is 2.42. The molecule has 1 amide bonds. The molecule has 0 saturated carbocycles. The van der Waals surface area contributed by atoms with Crippen LogP contribution in [0.25, 0.3) is 0 Å². The lowest BCUT2D eigenvalue weighted by molar-refractivity contribution is 0.0953. The van der Waals surface area contributed by atoms with Gasteiger partial charge in [0.25, 0.3) is 5.91 Å². The Morgan fingerprint density at radius 1 is 1.22 bits per heavy atom. The van der Waals surface area contributed by atoms with E-state index in [1.165, 1.54) is 0 Å². The first-order chi connectivity index (χ1) is 8.72. The minimum Gasteiger partial charge on any atom is -0.493 e. The van der Waals surface area contributed by atoms with Gasteiger partial charge in [0.2, 0.25) is 0 Å². The van der Waals surface area contributed by atoms with Gasteiger partial charge < -0.3 is 14.8 Å². The van der Waals surface area contributed by atoms with E-state index in [1.54, 1.807) is 25.3 Å². The van der Waals surface area contributed by atoms with Crippen molar-refractivity contribution in [2.24, 2.45) is 0 Å². The molecule has 0 heterocycles. The van der Waals surface area contributed by atoms with Gasteiger partial charge in [0.05, 0.1) is 13.7 Å². The van der Waals surface area contributed by atoms with Crippen molar-refractivity contribution >= 4 is 5.91 Å². The molecule has 0 bridgehead atoms. The van der Waals surface area contributed by atoms with E-state index in [0.29, 0.717) is 30.2 Å². The Hall–Kier alpha value is -1.71. The highest BCUT2D eigenvalue weighted by molar-refractivity contribution is 5.94. The van der Waals surface area contributed by atoms with Gasteiger partial charge in [0.1, 0.15) is 0 Å². The molecule has 0 spiro atoms. The van der Waals surface area contributed by atoms with Gasteiger partial charge in [-0.2, -0.15) is 0 Å². The average molecular weight is 251 g/mol. The lowest BCUT2D eigenvalue weighted by Crippen LogP contribution is -2.23. The molecule has 0 aliphatic carbocycles. The zero-order valence-electron chi connectivity index (χ0n) is 11.3. The number of benzene rings is 1. The average Bonchev–Trinajstić information content (AvgIpc) is 2.42. The largest absolute Gasteiger partial charge is 0.493 e. The molecule has 4 heteroatoms.